The van der Waals surface area contributed by atoms with Gasteiger partial charge in [0.05, 0.1) is 11.6 Å². The summed E-state index contributed by atoms with van der Waals surface area (Å²) in [7, 11) is 2.04. The van der Waals surface area contributed by atoms with Gasteiger partial charge in [-0.1, -0.05) is 6.08 Å². The summed E-state index contributed by atoms with van der Waals surface area (Å²) in [5.41, 5.74) is 4.66. The number of piperidine rings is 1. The highest BCUT2D eigenvalue weighted by molar-refractivity contribution is 6.04. The second-order valence-corrected chi connectivity index (χ2v) is 9.46. The molecule has 178 valence electrons. The third-order valence-electron chi connectivity index (χ3n) is 7.19. The van der Waals surface area contributed by atoms with Crippen molar-refractivity contribution in [2.24, 2.45) is 7.05 Å². The quantitative estimate of drug-likeness (QED) is 0.591. The number of fused-ring (bicyclic) bond motifs is 1. The normalized spacial score (nSPS) is 16.6. The highest BCUT2D eigenvalue weighted by atomic mass is 16.2. The van der Waals surface area contributed by atoms with Gasteiger partial charge in [0.1, 0.15) is 5.69 Å². The number of nitrogens with zero attached hydrogens (tertiary/aromatic N) is 4. The number of carbonyl (C=O) groups is 2. The predicted octanol–water partition coefficient (Wildman–Crippen LogP) is 4.90. The van der Waals surface area contributed by atoms with Gasteiger partial charge in [-0.3, -0.25) is 14.6 Å². The lowest BCUT2D eigenvalue weighted by atomic mass is 9.88. The van der Waals surface area contributed by atoms with Crippen LogP contribution in [-0.2, 0) is 11.8 Å². The Labute approximate surface area is 205 Å². The molecular formula is C28H29N5O2. The average Bonchev–Trinajstić information content (AvgIpc) is 3.24. The van der Waals surface area contributed by atoms with Gasteiger partial charge in [-0.25, -0.2) is 0 Å². The summed E-state index contributed by atoms with van der Waals surface area (Å²) in [5, 5.41) is 13.1. The maximum Gasteiger partial charge on any atom is 0.274 e. The van der Waals surface area contributed by atoms with E-state index in [1.54, 1.807) is 6.07 Å². The number of aryl methyl sites for hydroxylation is 1. The summed E-state index contributed by atoms with van der Waals surface area (Å²) in [6.07, 6.45) is 11.9. The van der Waals surface area contributed by atoms with Crippen molar-refractivity contribution in [3.8, 4) is 6.07 Å². The maximum absolute atomic E-state index is 12.9. The zero-order valence-corrected chi connectivity index (χ0v) is 20.0. The van der Waals surface area contributed by atoms with Crippen LogP contribution in [0.15, 0.2) is 54.4 Å². The molecule has 1 aromatic carbocycles. The Kier molecular flexibility index (Phi) is 6.37. The average molecular weight is 468 g/mol. The van der Waals surface area contributed by atoms with Gasteiger partial charge in [0.15, 0.2) is 0 Å². The molecule has 2 aromatic heterocycles. The topological polar surface area (TPSA) is 91.0 Å². The first-order valence-electron chi connectivity index (χ1n) is 12.3. The van der Waals surface area contributed by atoms with E-state index in [0.717, 1.165) is 61.7 Å². The molecule has 0 bridgehead atoms. The van der Waals surface area contributed by atoms with Gasteiger partial charge in [-0.15, -0.1) is 0 Å². The molecule has 3 aromatic rings. The van der Waals surface area contributed by atoms with Gasteiger partial charge in [-0.2, -0.15) is 5.26 Å². The van der Waals surface area contributed by atoms with Crippen LogP contribution in [0.2, 0.25) is 0 Å². The first-order chi connectivity index (χ1) is 17.0. The van der Waals surface area contributed by atoms with Crippen molar-refractivity contribution < 1.29 is 9.59 Å². The molecule has 1 N–H and O–H groups in total. The van der Waals surface area contributed by atoms with Crippen LogP contribution in [0.1, 0.15) is 66.1 Å². The third-order valence-corrected chi connectivity index (χ3v) is 7.19. The Balaban J connectivity index is 1.32. The number of nitriles is 1. The molecule has 2 amide bonds. The molecule has 5 rings (SSSR count). The van der Waals surface area contributed by atoms with Crippen LogP contribution in [0.3, 0.4) is 0 Å². The van der Waals surface area contributed by atoms with Crippen molar-refractivity contribution in [2.45, 2.75) is 44.4 Å². The molecule has 7 heteroatoms. The summed E-state index contributed by atoms with van der Waals surface area (Å²) >= 11 is 0. The van der Waals surface area contributed by atoms with Crippen molar-refractivity contribution in [3.63, 3.8) is 0 Å². The van der Waals surface area contributed by atoms with Crippen molar-refractivity contribution in [1.29, 1.82) is 5.26 Å². The Morgan fingerprint density at radius 2 is 1.97 bits per heavy atom. The second-order valence-electron chi connectivity index (χ2n) is 9.46. The minimum Gasteiger partial charge on any atom is -0.350 e. The summed E-state index contributed by atoms with van der Waals surface area (Å²) in [4.78, 5) is 31.7. The van der Waals surface area contributed by atoms with Gasteiger partial charge < -0.3 is 14.8 Å². The number of rotatable bonds is 4. The number of aromatic nitrogens is 2. The molecule has 0 atom stereocenters. The number of pyridine rings is 1. The number of amides is 2. The number of allylic oxidation sites excluding steroid dienone is 1. The van der Waals surface area contributed by atoms with Gasteiger partial charge >= 0.3 is 0 Å². The number of likely N-dealkylation sites (tertiary alicyclic amines) is 1. The van der Waals surface area contributed by atoms with E-state index in [2.05, 4.69) is 27.1 Å². The largest absolute Gasteiger partial charge is 0.350 e. The second kappa shape index (κ2) is 9.75. The van der Waals surface area contributed by atoms with E-state index in [-0.39, 0.29) is 17.5 Å². The molecule has 7 nitrogen and oxygen atoms in total. The Morgan fingerprint density at radius 3 is 2.71 bits per heavy atom. The number of anilines is 1. The molecule has 1 aliphatic heterocycles. The Morgan fingerprint density at radius 1 is 1.14 bits per heavy atom. The fraction of sp³-hybridized carbons (Fsp3) is 0.357. The maximum atomic E-state index is 12.9. The lowest BCUT2D eigenvalue weighted by molar-refractivity contribution is -0.128. The van der Waals surface area contributed by atoms with E-state index in [1.807, 2.05) is 36.2 Å². The zero-order valence-electron chi connectivity index (χ0n) is 20.0. The lowest BCUT2D eigenvalue weighted by Crippen LogP contribution is -2.38. The molecule has 1 fully saturated rings. The van der Waals surface area contributed by atoms with Crippen LogP contribution >= 0.6 is 0 Å². The van der Waals surface area contributed by atoms with Crippen molar-refractivity contribution in [1.82, 2.24) is 14.5 Å². The Hall–Kier alpha value is -3.92. The van der Waals surface area contributed by atoms with Gasteiger partial charge in [-0.05, 0) is 80.3 Å². The molecule has 3 heterocycles. The van der Waals surface area contributed by atoms with E-state index in [0.29, 0.717) is 17.2 Å². The fourth-order valence-corrected chi connectivity index (χ4v) is 5.27. The number of nitrogens with one attached hydrogen (secondary N) is 1. The third kappa shape index (κ3) is 4.69. The minimum atomic E-state index is -0.345. The molecule has 35 heavy (non-hydrogen) atoms. The first-order valence-corrected chi connectivity index (χ1v) is 12.3. The summed E-state index contributed by atoms with van der Waals surface area (Å²) in [5.74, 6) is 0.242. The van der Waals surface area contributed by atoms with Crippen molar-refractivity contribution >= 4 is 28.4 Å². The first kappa shape index (κ1) is 22.9. The van der Waals surface area contributed by atoms with Gasteiger partial charge in [0, 0.05) is 54.7 Å². The van der Waals surface area contributed by atoms with Crippen LogP contribution in [0.4, 0.5) is 5.69 Å². The van der Waals surface area contributed by atoms with E-state index in [9.17, 15) is 9.59 Å². The summed E-state index contributed by atoms with van der Waals surface area (Å²) in [6, 6.07) is 11.0. The highest BCUT2D eigenvalue weighted by Crippen LogP contribution is 2.36. The van der Waals surface area contributed by atoms with Crippen molar-refractivity contribution in [2.75, 3.05) is 18.4 Å². The van der Waals surface area contributed by atoms with Crippen LogP contribution < -0.4 is 5.32 Å². The van der Waals surface area contributed by atoms with Crippen LogP contribution in [-0.4, -0.2) is 39.4 Å². The van der Waals surface area contributed by atoms with E-state index in [1.165, 1.54) is 24.2 Å². The van der Waals surface area contributed by atoms with Gasteiger partial charge in [0.2, 0.25) is 5.91 Å². The molecule has 0 radical (unpaired) electrons. The van der Waals surface area contributed by atoms with Crippen LogP contribution in [0.5, 0.6) is 0 Å². The summed E-state index contributed by atoms with van der Waals surface area (Å²) < 4.78 is 2.12. The summed E-state index contributed by atoms with van der Waals surface area (Å²) in [6.45, 7) is 1.54. The van der Waals surface area contributed by atoms with E-state index >= 15 is 0 Å². The number of hydrogen-bond acceptors (Lipinski definition) is 4. The molecule has 1 saturated heterocycles. The number of carbonyl (C=O) groups excluding carboxylic acids is 2. The highest BCUT2D eigenvalue weighted by Gasteiger charge is 2.27. The number of benzene rings is 1. The predicted molar refractivity (Wildman–Crippen MR) is 135 cm³/mol. The smallest absolute Gasteiger partial charge is 0.274 e. The monoisotopic (exact) mass is 467 g/mol. The molecule has 0 saturated carbocycles. The SMILES string of the molecule is Cn1cc(C2CCN(C(=O)C3=CCCCC3)CC2)c2cc(NC(=O)c3cc(C#N)ccn3)ccc21. The molecule has 2 aliphatic rings. The minimum absolute atomic E-state index is 0.211. The number of hydrogen-bond donors (Lipinski definition) is 1. The lowest BCUT2D eigenvalue weighted by Gasteiger charge is -2.33. The van der Waals surface area contributed by atoms with E-state index < -0.39 is 0 Å². The van der Waals surface area contributed by atoms with Crippen molar-refractivity contribution in [3.05, 3.63) is 71.2 Å². The molecule has 0 spiro atoms. The molecule has 0 unspecified atom stereocenters. The van der Waals surface area contributed by atoms with Crippen LogP contribution in [0.25, 0.3) is 10.9 Å². The Bertz CT molecular complexity index is 1360. The van der Waals surface area contributed by atoms with E-state index in [4.69, 9.17) is 5.26 Å². The zero-order chi connectivity index (χ0) is 24.4. The molecule has 1 aliphatic carbocycles. The standard InChI is InChI=1S/C28H29N5O2/c1-32-18-24(20-10-13-33(14-11-20)28(35)21-5-3-2-4-6-21)23-16-22(7-8-26(23)32)31-27(34)25-15-19(17-29)9-12-30-25/h5,7-9,12,15-16,18,20H,2-4,6,10-11,13-14H2,1H3,(H,31,34). The van der Waals surface area contributed by atoms with Crippen LogP contribution in [0, 0.1) is 11.3 Å². The van der Waals surface area contributed by atoms with Gasteiger partial charge in [0.25, 0.3) is 5.91 Å². The fourth-order valence-electron chi connectivity index (χ4n) is 5.27. The molecular weight excluding hydrogens is 438 g/mol.